The molecule has 0 atom stereocenters. The van der Waals surface area contributed by atoms with Crippen LogP contribution in [-0.2, 0) is 0 Å². The Bertz CT molecular complexity index is 834. The van der Waals surface area contributed by atoms with E-state index in [9.17, 15) is 9.59 Å². The first-order chi connectivity index (χ1) is 9.81. The van der Waals surface area contributed by atoms with E-state index in [1.807, 2.05) is 36.4 Å². The zero-order valence-electron chi connectivity index (χ0n) is 10.9. The third-order valence-corrected chi connectivity index (χ3v) is 3.55. The second-order valence-electron chi connectivity index (χ2n) is 4.49. The first-order valence-corrected chi connectivity index (χ1v) is 6.23. The molecule has 0 saturated heterocycles. The molecule has 3 aromatic carbocycles. The normalized spacial score (nSPS) is 10.7. The van der Waals surface area contributed by atoms with Crippen LogP contribution in [0.2, 0.25) is 0 Å². The molecule has 0 N–H and O–H groups in total. The maximum absolute atomic E-state index is 11.6. The lowest BCUT2D eigenvalue weighted by molar-refractivity contribution is 0.111. The largest absolute Gasteiger partial charge is 0.496 e. The third-order valence-electron chi connectivity index (χ3n) is 3.55. The topological polar surface area (TPSA) is 43.4 Å². The molecule has 0 radical (unpaired) electrons. The molecule has 0 aliphatic carbocycles. The smallest absolute Gasteiger partial charge is 0.151 e. The van der Waals surface area contributed by atoms with E-state index < -0.39 is 0 Å². The number of carbonyl (C=O) groups excluding carboxylic acids is 2. The number of aldehydes is 2. The van der Waals surface area contributed by atoms with E-state index >= 15 is 0 Å². The van der Waals surface area contributed by atoms with Gasteiger partial charge in [-0.15, -0.1) is 0 Å². The van der Waals surface area contributed by atoms with Gasteiger partial charge in [0.15, 0.2) is 12.6 Å². The Morgan fingerprint density at radius 3 is 2.00 bits per heavy atom. The van der Waals surface area contributed by atoms with E-state index in [0.29, 0.717) is 22.3 Å². The summed E-state index contributed by atoms with van der Waals surface area (Å²) < 4.78 is 5.34. The fourth-order valence-corrected chi connectivity index (χ4v) is 2.69. The van der Waals surface area contributed by atoms with Crippen LogP contribution < -0.4 is 4.74 Å². The van der Waals surface area contributed by atoms with E-state index in [-0.39, 0.29) is 0 Å². The molecular weight excluding hydrogens is 252 g/mol. The minimum atomic E-state index is 0.554. The summed E-state index contributed by atoms with van der Waals surface area (Å²) in [5.41, 5.74) is 1.14. The summed E-state index contributed by atoms with van der Waals surface area (Å²) in [4.78, 5) is 23.1. The van der Waals surface area contributed by atoms with E-state index in [1.54, 1.807) is 13.2 Å². The number of hydrogen-bond donors (Lipinski definition) is 0. The van der Waals surface area contributed by atoms with Crippen LogP contribution in [0.15, 0.2) is 42.5 Å². The lowest BCUT2D eigenvalue weighted by Gasteiger charge is -2.13. The van der Waals surface area contributed by atoms with E-state index in [2.05, 4.69) is 0 Å². The minimum absolute atomic E-state index is 0.554. The van der Waals surface area contributed by atoms with Crippen molar-refractivity contribution in [3.63, 3.8) is 0 Å². The second kappa shape index (κ2) is 4.78. The lowest BCUT2D eigenvalue weighted by Crippen LogP contribution is -1.96. The molecule has 3 heteroatoms. The Kier molecular flexibility index (Phi) is 2.95. The maximum Gasteiger partial charge on any atom is 0.151 e. The quantitative estimate of drug-likeness (QED) is 0.536. The Morgan fingerprint density at radius 2 is 1.40 bits per heavy atom. The van der Waals surface area contributed by atoms with Crippen molar-refractivity contribution in [1.82, 2.24) is 0 Å². The van der Waals surface area contributed by atoms with Gasteiger partial charge in [0.25, 0.3) is 0 Å². The summed E-state index contributed by atoms with van der Waals surface area (Å²) in [6, 6.07) is 12.8. The second-order valence-corrected chi connectivity index (χ2v) is 4.49. The van der Waals surface area contributed by atoms with Crippen molar-refractivity contribution in [2.24, 2.45) is 0 Å². The summed E-state index contributed by atoms with van der Waals surface area (Å²) in [7, 11) is 1.55. The first kappa shape index (κ1) is 12.4. The monoisotopic (exact) mass is 264 g/mol. The van der Waals surface area contributed by atoms with Crippen molar-refractivity contribution < 1.29 is 14.3 Å². The lowest BCUT2D eigenvalue weighted by atomic mass is 9.92. The number of ether oxygens (including phenoxy) is 1. The number of benzene rings is 3. The molecule has 0 bridgehead atoms. The Balaban J connectivity index is 2.69. The highest BCUT2D eigenvalue weighted by atomic mass is 16.5. The van der Waals surface area contributed by atoms with Crippen molar-refractivity contribution in [3.8, 4) is 5.75 Å². The average Bonchev–Trinajstić information content (AvgIpc) is 2.51. The maximum atomic E-state index is 11.6. The molecule has 0 fully saturated rings. The number of fused-ring (bicyclic) bond motifs is 2. The van der Waals surface area contributed by atoms with Crippen molar-refractivity contribution in [3.05, 3.63) is 53.6 Å². The van der Waals surface area contributed by atoms with Crippen molar-refractivity contribution >= 4 is 34.1 Å². The van der Waals surface area contributed by atoms with Crippen molar-refractivity contribution in [2.75, 3.05) is 7.11 Å². The number of hydrogen-bond acceptors (Lipinski definition) is 3. The predicted molar refractivity (Wildman–Crippen MR) is 78.8 cm³/mol. The minimum Gasteiger partial charge on any atom is -0.496 e. The highest BCUT2D eigenvalue weighted by Crippen LogP contribution is 2.36. The summed E-state index contributed by atoms with van der Waals surface area (Å²) in [5, 5.41) is 2.97. The van der Waals surface area contributed by atoms with E-state index in [4.69, 9.17) is 4.74 Å². The van der Waals surface area contributed by atoms with Gasteiger partial charge >= 0.3 is 0 Å². The molecule has 3 rings (SSSR count). The molecule has 98 valence electrons. The molecule has 0 aliphatic heterocycles. The summed E-state index contributed by atoms with van der Waals surface area (Å²) in [5.74, 6) is 0.596. The molecule has 0 spiro atoms. The summed E-state index contributed by atoms with van der Waals surface area (Å²) >= 11 is 0. The van der Waals surface area contributed by atoms with Gasteiger partial charge in [-0.05, 0) is 22.2 Å². The Labute approximate surface area is 115 Å². The number of methoxy groups -OCH3 is 1. The fraction of sp³-hybridized carbons (Fsp3) is 0.0588. The SMILES string of the molecule is COc1cccc2c(C=O)c3ccccc3c(C=O)c12. The van der Waals surface area contributed by atoms with Gasteiger partial charge in [-0.2, -0.15) is 0 Å². The summed E-state index contributed by atoms with van der Waals surface area (Å²) in [6.07, 6.45) is 1.65. The predicted octanol–water partition coefficient (Wildman–Crippen LogP) is 3.63. The van der Waals surface area contributed by atoms with Gasteiger partial charge < -0.3 is 4.74 Å². The Morgan fingerprint density at radius 1 is 0.800 bits per heavy atom. The van der Waals surface area contributed by atoms with Crippen LogP contribution in [0, 0.1) is 0 Å². The standard InChI is InChI=1S/C17H12O3/c1-20-16-8-4-7-13-14(9-18)11-5-2-3-6-12(11)15(10-19)17(13)16/h2-10H,1H3. The van der Waals surface area contributed by atoms with Gasteiger partial charge in [0.2, 0.25) is 0 Å². The highest BCUT2D eigenvalue weighted by Gasteiger charge is 2.15. The summed E-state index contributed by atoms with van der Waals surface area (Å²) in [6.45, 7) is 0. The molecule has 20 heavy (non-hydrogen) atoms. The number of carbonyl (C=O) groups is 2. The number of rotatable bonds is 3. The van der Waals surface area contributed by atoms with E-state index in [0.717, 1.165) is 28.7 Å². The van der Waals surface area contributed by atoms with Crippen LogP contribution in [-0.4, -0.2) is 19.7 Å². The Hall–Kier alpha value is -2.68. The van der Waals surface area contributed by atoms with Crippen LogP contribution in [0.3, 0.4) is 0 Å². The molecule has 0 saturated carbocycles. The van der Waals surface area contributed by atoms with Gasteiger partial charge in [0, 0.05) is 16.5 Å². The molecule has 3 aromatic rings. The fourth-order valence-electron chi connectivity index (χ4n) is 2.69. The van der Waals surface area contributed by atoms with Crippen LogP contribution in [0.25, 0.3) is 21.5 Å². The van der Waals surface area contributed by atoms with Crippen LogP contribution in [0.5, 0.6) is 5.75 Å². The van der Waals surface area contributed by atoms with Crippen LogP contribution in [0.4, 0.5) is 0 Å². The van der Waals surface area contributed by atoms with Gasteiger partial charge in [-0.3, -0.25) is 9.59 Å². The molecule has 0 heterocycles. The van der Waals surface area contributed by atoms with Crippen molar-refractivity contribution in [2.45, 2.75) is 0 Å². The van der Waals surface area contributed by atoms with Gasteiger partial charge in [0.05, 0.1) is 7.11 Å². The highest BCUT2D eigenvalue weighted by molar-refractivity contribution is 6.21. The zero-order chi connectivity index (χ0) is 14.1. The molecule has 0 amide bonds. The first-order valence-electron chi connectivity index (χ1n) is 6.23. The van der Waals surface area contributed by atoms with Crippen molar-refractivity contribution in [1.29, 1.82) is 0 Å². The van der Waals surface area contributed by atoms with Crippen LogP contribution in [0.1, 0.15) is 20.7 Å². The third kappa shape index (κ3) is 1.60. The van der Waals surface area contributed by atoms with E-state index in [1.165, 1.54) is 0 Å². The molecule has 3 nitrogen and oxygen atoms in total. The van der Waals surface area contributed by atoms with Gasteiger partial charge in [-0.1, -0.05) is 36.4 Å². The van der Waals surface area contributed by atoms with Gasteiger partial charge in [0.1, 0.15) is 5.75 Å². The zero-order valence-corrected chi connectivity index (χ0v) is 10.9. The molecule has 0 aliphatic rings. The molecule has 0 aromatic heterocycles. The van der Waals surface area contributed by atoms with Crippen LogP contribution >= 0.6 is 0 Å². The average molecular weight is 264 g/mol. The van der Waals surface area contributed by atoms with Gasteiger partial charge in [-0.25, -0.2) is 0 Å². The molecule has 0 unspecified atom stereocenters. The molecular formula is C17H12O3.